The zero-order valence-corrected chi connectivity index (χ0v) is 18.5. The SMILES string of the molecule is COC(=O)CC1=C(C)C(=Cc2ccc(S(=O)(=O)NC(C)=O)cc2)c2ccc(OC)cc21. The second-order valence-corrected chi connectivity index (χ2v) is 8.74. The van der Waals surface area contributed by atoms with Crippen molar-refractivity contribution in [2.75, 3.05) is 14.2 Å². The summed E-state index contributed by atoms with van der Waals surface area (Å²) in [5.74, 6) is -0.303. The highest BCUT2D eigenvalue weighted by Crippen LogP contribution is 2.45. The number of rotatable bonds is 6. The second-order valence-electron chi connectivity index (χ2n) is 7.06. The Hall–Kier alpha value is -3.39. The highest BCUT2D eigenvalue weighted by atomic mass is 32.2. The van der Waals surface area contributed by atoms with E-state index in [0.29, 0.717) is 5.75 Å². The summed E-state index contributed by atoms with van der Waals surface area (Å²) in [5.41, 5.74) is 5.34. The molecule has 0 aromatic heterocycles. The van der Waals surface area contributed by atoms with Crippen molar-refractivity contribution in [1.82, 2.24) is 4.72 Å². The van der Waals surface area contributed by atoms with Gasteiger partial charge in [-0.15, -0.1) is 0 Å². The fraction of sp³-hybridized carbons (Fsp3) is 0.217. The summed E-state index contributed by atoms with van der Waals surface area (Å²) in [6, 6.07) is 11.9. The predicted octanol–water partition coefficient (Wildman–Crippen LogP) is 3.41. The van der Waals surface area contributed by atoms with E-state index >= 15 is 0 Å². The molecule has 1 amide bonds. The summed E-state index contributed by atoms with van der Waals surface area (Å²) >= 11 is 0. The van der Waals surface area contributed by atoms with Crippen molar-refractivity contribution in [1.29, 1.82) is 0 Å². The third-order valence-corrected chi connectivity index (χ3v) is 6.48. The van der Waals surface area contributed by atoms with E-state index < -0.39 is 15.9 Å². The van der Waals surface area contributed by atoms with Crippen LogP contribution in [-0.2, 0) is 24.3 Å². The molecule has 0 bridgehead atoms. The summed E-state index contributed by atoms with van der Waals surface area (Å²) in [7, 11) is -0.953. The lowest BCUT2D eigenvalue weighted by molar-refractivity contribution is -0.139. The number of nitrogens with one attached hydrogen (secondary N) is 1. The number of carbonyl (C=O) groups is 2. The maximum absolute atomic E-state index is 12.1. The Morgan fingerprint density at radius 3 is 2.29 bits per heavy atom. The fourth-order valence-electron chi connectivity index (χ4n) is 3.49. The van der Waals surface area contributed by atoms with Crippen LogP contribution in [-0.4, -0.2) is 34.5 Å². The molecule has 0 fully saturated rings. The summed E-state index contributed by atoms with van der Waals surface area (Å²) in [6.45, 7) is 3.08. The Morgan fingerprint density at radius 2 is 1.71 bits per heavy atom. The van der Waals surface area contributed by atoms with Crippen molar-refractivity contribution in [3.63, 3.8) is 0 Å². The first kappa shape index (κ1) is 22.3. The van der Waals surface area contributed by atoms with Gasteiger partial charge < -0.3 is 9.47 Å². The lowest BCUT2D eigenvalue weighted by atomic mass is 10.0. The van der Waals surface area contributed by atoms with E-state index in [4.69, 9.17) is 9.47 Å². The smallest absolute Gasteiger partial charge is 0.310 e. The molecular weight excluding hydrogens is 418 g/mol. The number of fused-ring (bicyclic) bond motifs is 1. The van der Waals surface area contributed by atoms with E-state index in [1.165, 1.54) is 19.2 Å². The average molecular weight is 442 g/mol. The van der Waals surface area contributed by atoms with Gasteiger partial charge in [0, 0.05) is 6.92 Å². The molecule has 0 saturated heterocycles. The van der Waals surface area contributed by atoms with Crippen molar-refractivity contribution >= 4 is 39.1 Å². The molecule has 0 spiro atoms. The molecule has 0 aliphatic heterocycles. The lowest BCUT2D eigenvalue weighted by Gasteiger charge is -2.08. The number of hydrogen-bond donors (Lipinski definition) is 1. The molecule has 2 aromatic rings. The van der Waals surface area contributed by atoms with Crippen LogP contribution >= 0.6 is 0 Å². The second kappa shape index (κ2) is 8.77. The summed E-state index contributed by atoms with van der Waals surface area (Å²) in [5, 5.41) is 0. The standard InChI is InChI=1S/C23H23NO6S/c1-14-20(11-16-5-8-18(9-6-16)31(27,28)24-15(2)25)19-10-7-17(29-3)12-22(19)21(14)13-23(26)30-4/h5-12H,13H2,1-4H3,(H,24,25). The Morgan fingerprint density at radius 1 is 1.03 bits per heavy atom. The van der Waals surface area contributed by atoms with Gasteiger partial charge in [0.25, 0.3) is 10.0 Å². The minimum atomic E-state index is -3.89. The van der Waals surface area contributed by atoms with Gasteiger partial charge in [-0.05, 0) is 70.7 Å². The van der Waals surface area contributed by atoms with E-state index in [2.05, 4.69) is 0 Å². The summed E-state index contributed by atoms with van der Waals surface area (Å²) < 4.78 is 36.4. The van der Waals surface area contributed by atoms with E-state index in [-0.39, 0.29) is 17.3 Å². The van der Waals surface area contributed by atoms with E-state index in [0.717, 1.165) is 40.3 Å². The molecule has 7 nitrogen and oxygen atoms in total. The van der Waals surface area contributed by atoms with E-state index in [9.17, 15) is 18.0 Å². The van der Waals surface area contributed by atoms with Gasteiger partial charge in [0.1, 0.15) is 5.75 Å². The number of methoxy groups -OCH3 is 2. The van der Waals surface area contributed by atoms with E-state index in [1.807, 2.05) is 35.9 Å². The van der Waals surface area contributed by atoms with Gasteiger partial charge in [-0.25, -0.2) is 13.1 Å². The number of sulfonamides is 1. The first-order valence-corrected chi connectivity index (χ1v) is 11.0. The molecule has 1 aliphatic rings. The Bertz CT molecular complexity index is 1210. The third kappa shape index (κ3) is 4.69. The molecule has 0 atom stereocenters. The first-order chi connectivity index (χ1) is 14.7. The van der Waals surface area contributed by atoms with Gasteiger partial charge in [0.15, 0.2) is 0 Å². The number of benzene rings is 2. The van der Waals surface area contributed by atoms with Gasteiger partial charge in [0.2, 0.25) is 5.91 Å². The highest BCUT2D eigenvalue weighted by Gasteiger charge is 2.26. The molecule has 0 unspecified atom stereocenters. The number of esters is 1. The zero-order chi connectivity index (χ0) is 22.8. The summed E-state index contributed by atoms with van der Waals surface area (Å²) in [4.78, 5) is 23.1. The van der Waals surface area contributed by atoms with Crippen LogP contribution < -0.4 is 9.46 Å². The molecule has 8 heteroatoms. The van der Waals surface area contributed by atoms with Gasteiger partial charge in [-0.1, -0.05) is 18.2 Å². The van der Waals surface area contributed by atoms with Gasteiger partial charge in [-0.2, -0.15) is 0 Å². The van der Waals surface area contributed by atoms with Crippen LogP contribution in [0.4, 0.5) is 0 Å². The molecule has 0 heterocycles. The molecule has 2 aromatic carbocycles. The largest absolute Gasteiger partial charge is 0.497 e. The highest BCUT2D eigenvalue weighted by molar-refractivity contribution is 7.90. The van der Waals surface area contributed by atoms with E-state index in [1.54, 1.807) is 19.2 Å². The van der Waals surface area contributed by atoms with Crippen molar-refractivity contribution in [3.8, 4) is 5.75 Å². The molecule has 1 aliphatic carbocycles. The van der Waals surface area contributed by atoms with Crippen molar-refractivity contribution < 1.29 is 27.5 Å². The molecule has 31 heavy (non-hydrogen) atoms. The molecule has 0 radical (unpaired) electrons. The molecule has 1 N–H and O–H groups in total. The van der Waals surface area contributed by atoms with Crippen LogP contribution in [0.2, 0.25) is 0 Å². The third-order valence-electron chi connectivity index (χ3n) is 5.03. The van der Waals surface area contributed by atoms with Crippen LogP contribution in [0.3, 0.4) is 0 Å². The predicted molar refractivity (Wildman–Crippen MR) is 118 cm³/mol. The van der Waals surface area contributed by atoms with Crippen molar-refractivity contribution in [3.05, 3.63) is 64.7 Å². The summed E-state index contributed by atoms with van der Waals surface area (Å²) in [6.07, 6.45) is 2.06. The normalized spacial score (nSPS) is 14.4. The fourth-order valence-corrected chi connectivity index (χ4v) is 4.48. The quantitative estimate of drug-likeness (QED) is 0.690. The number of allylic oxidation sites excluding steroid dienone is 2. The number of carbonyl (C=O) groups excluding carboxylic acids is 2. The molecule has 162 valence electrons. The van der Waals surface area contributed by atoms with Crippen molar-refractivity contribution in [2.45, 2.75) is 25.2 Å². The maximum atomic E-state index is 12.1. The average Bonchev–Trinajstić information content (AvgIpc) is 2.98. The first-order valence-electron chi connectivity index (χ1n) is 9.47. The van der Waals surface area contributed by atoms with Gasteiger partial charge in [-0.3, -0.25) is 9.59 Å². The minimum Gasteiger partial charge on any atom is -0.497 e. The van der Waals surface area contributed by atoms with Crippen LogP contribution in [0.25, 0.3) is 17.2 Å². The Balaban J connectivity index is 2.04. The van der Waals surface area contributed by atoms with Crippen LogP contribution in [0, 0.1) is 0 Å². The zero-order valence-electron chi connectivity index (χ0n) is 17.7. The van der Waals surface area contributed by atoms with Crippen LogP contribution in [0.5, 0.6) is 5.75 Å². The Kier molecular flexibility index (Phi) is 6.31. The molecular formula is C23H23NO6S. The number of amides is 1. The molecule has 0 saturated carbocycles. The van der Waals surface area contributed by atoms with Crippen LogP contribution in [0.15, 0.2) is 52.9 Å². The maximum Gasteiger partial charge on any atom is 0.310 e. The van der Waals surface area contributed by atoms with Crippen molar-refractivity contribution in [2.24, 2.45) is 0 Å². The number of ether oxygens (including phenoxy) is 2. The monoisotopic (exact) mass is 441 g/mol. The molecule has 3 rings (SSSR count). The van der Waals surface area contributed by atoms with Gasteiger partial charge >= 0.3 is 5.97 Å². The number of hydrogen-bond acceptors (Lipinski definition) is 6. The Labute approximate surface area is 181 Å². The van der Waals surface area contributed by atoms with Crippen LogP contribution in [0.1, 0.15) is 37.0 Å². The van der Waals surface area contributed by atoms with Gasteiger partial charge in [0.05, 0.1) is 25.5 Å². The lowest BCUT2D eigenvalue weighted by Crippen LogP contribution is -2.28. The topological polar surface area (TPSA) is 98.8 Å². The minimum absolute atomic E-state index is 0.0000488.